The van der Waals surface area contributed by atoms with E-state index in [1.807, 2.05) is 74.5 Å². The highest BCUT2D eigenvalue weighted by Gasteiger charge is 2.19. The summed E-state index contributed by atoms with van der Waals surface area (Å²) in [4.78, 5) is 12.1. The third-order valence-electron chi connectivity index (χ3n) is 3.22. The van der Waals surface area contributed by atoms with Crippen molar-refractivity contribution >= 4 is 5.97 Å². The Morgan fingerprint density at radius 1 is 0.842 bits per heavy atom. The summed E-state index contributed by atoms with van der Waals surface area (Å²) in [6, 6.07) is 19.5. The minimum Gasteiger partial charge on any atom is -0.457 e. The van der Waals surface area contributed by atoms with E-state index in [0.717, 1.165) is 11.1 Å². The highest BCUT2D eigenvalue weighted by molar-refractivity contribution is 5.77. The summed E-state index contributed by atoms with van der Waals surface area (Å²) in [5.74, 6) is -0.435. The summed E-state index contributed by atoms with van der Waals surface area (Å²) in [5, 5.41) is 0. The van der Waals surface area contributed by atoms with Gasteiger partial charge in [-0.25, -0.2) is 0 Å². The molecule has 2 aromatic rings. The molecule has 0 aliphatic heterocycles. The summed E-state index contributed by atoms with van der Waals surface area (Å²) in [7, 11) is 0. The smallest absolute Gasteiger partial charge is 0.313 e. The topological polar surface area (TPSA) is 26.3 Å². The molecular formula is C17H18O2. The number of hydrogen-bond donors (Lipinski definition) is 0. The van der Waals surface area contributed by atoms with Gasteiger partial charge in [-0.1, -0.05) is 60.7 Å². The number of rotatable bonds is 4. The van der Waals surface area contributed by atoms with E-state index >= 15 is 0 Å². The first-order valence-electron chi connectivity index (χ1n) is 6.49. The lowest BCUT2D eigenvalue weighted by Crippen LogP contribution is -2.15. The van der Waals surface area contributed by atoms with E-state index in [-0.39, 0.29) is 18.0 Å². The van der Waals surface area contributed by atoms with E-state index in [2.05, 4.69) is 0 Å². The quantitative estimate of drug-likeness (QED) is 0.768. The maximum Gasteiger partial charge on any atom is 0.313 e. The number of carbonyl (C=O) groups excluding carboxylic acids is 1. The molecule has 0 saturated heterocycles. The summed E-state index contributed by atoms with van der Waals surface area (Å²) < 4.78 is 5.51. The predicted octanol–water partition coefficient (Wildman–Crippen LogP) is 4.09. The molecule has 2 unspecified atom stereocenters. The average molecular weight is 254 g/mol. The van der Waals surface area contributed by atoms with Gasteiger partial charge < -0.3 is 4.74 Å². The molecule has 0 radical (unpaired) electrons. The van der Waals surface area contributed by atoms with Gasteiger partial charge in [0.15, 0.2) is 0 Å². The minimum atomic E-state index is -0.243. The maximum atomic E-state index is 12.1. The van der Waals surface area contributed by atoms with E-state index in [1.165, 1.54) is 0 Å². The SMILES string of the molecule is CC(OC(=O)C(C)c1ccccc1)c1ccccc1. The molecule has 0 spiro atoms. The van der Waals surface area contributed by atoms with Crippen LogP contribution in [0.2, 0.25) is 0 Å². The second-order valence-electron chi connectivity index (χ2n) is 4.62. The molecule has 0 aliphatic rings. The van der Waals surface area contributed by atoms with Crippen LogP contribution in [-0.4, -0.2) is 5.97 Å². The van der Waals surface area contributed by atoms with Crippen LogP contribution in [0.4, 0.5) is 0 Å². The molecule has 0 aromatic heterocycles. The molecule has 0 amide bonds. The molecule has 98 valence electrons. The Bertz CT molecular complexity index is 519. The third-order valence-corrected chi connectivity index (χ3v) is 3.22. The van der Waals surface area contributed by atoms with E-state index < -0.39 is 0 Å². The Kier molecular flexibility index (Phi) is 4.35. The summed E-state index contributed by atoms with van der Waals surface area (Å²) in [5.41, 5.74) is 1.99. The van der Waals surface area contributed by atoms with Gasteiger partial charge in [0.25, 0.3) is 0 Å². The Labute approximate surface area is 114 Å². The zero-order chi connectivity index (χ0) is 13.7. The molecule has 2 atom stereocenters. The first-order chi connectivity index (χ1) is 9.18. The molecule has 0 bridgehead atoms. The molecular weight excluding hydrogens is 236 g/mol. The van der Waals surface area contributed by atoms with Gasteiger partial charge in [0.05, 0.1) is 5.92 Å². The van der Waals surface area contributed by atoms with Gasteiger partial charge in [-0.2, -0.15) is 0 Å². The monoisotopic (exact) mass is 254 g/mol. The Balaban J connectivity index is 2.02. The van der Waals surface area contributed by atoms with Gasteiger partial charge in [-0.3, -0.25) is 4.79 Å². The van der Waals surface area contributed by atoms with Crippen molar-refractivity contribution in [3.63, 3.8) is 0 Å². The number of ether oxygens (including phenoxy) is 1. The summed E-state index contributed by atoms with van der Waals surface area (Å²) >= 11 is 0. The van der Waals surface area contributed by atoms with Crippen LogP contribution in [-0.2, 0) is 9.53 Å². The van der Waals surface area contributed by atoms with Crippen LogP contribution in [0, 0.1) is 0 Å². The standard InChI is InChI=1S/C17H18O2/c1-13(15-9-5-3-6-10-15)17(18)19-14(2)16-11-7-4-8-12-16/h3-14H,1-2H3. The Morgan fingerprint density at radius 2 is 1.32 bits per heavy atom. The first kappa shape index (κ1) is 13.3. The van der Waals surface area contributed by atoms with Crippen LogP contribution in [0.1, 0.15) is 37.0 Å². The van der Waals surface area contributed by atoms with Crippen LogP contribution in [0.25, 0.3) is 0 Å². The van der Waals surface area contributed by atoms with Gasteiger partial charge in [0.1, 0.15) is 6.10 Å². The fourth-order valence-corrected chi connectivity index (χ4v) is 1.95. The van der Waals surface area contributed by atoms with Gasteiger partial charge in [-0.15, -0.1) is 0 Å². The lowest BCUT2D eigenvalue weighted by Gasteiger charge is -2.17. The molecule has 0 aliphatic carbocycles. The van der Waals surface area contributed by atoms with Crippen molar-refractivity contribution in [3.8, 4) is 0 Å². The van der Waals surface area contributed by atoms with Crippen LogP contribution in [0.5, 0.6) is 0 Å². The van der Waals surface area contributed by atoms with Gasteiger partial charge in [0.2, 0.25) is 0 Å². The van der Waals surface area contributed by atoms with E-state index in [0.29, 0.717) is 0 Å². The number of carbonyl (C=O) groups is 1. The molecule has 0 N–H and O–H groups in total. The molecule has 19 heavy (non-hydrogen) atoms. The highest BCUT2D eigenvalue weighted by Crippen LogP contribution is 2.22. The molecule has 2 heteroatoms. The summed E-state index contributed by atoms with van der Waals surface area (Å²) in [6.07, 6.45) is -0.222. The normalized spacial score (nSPS) is 13.6. The van der Waals surface area contributed by atoms with E-state index in [1.54, 1.807) is 0 Å². The average Bonchev–Trinajstić information content (AvgIpc) is 2.48. The van der Waals surface area contributed by atoms with Crippen molar-refractivity contribution in [2.45, 2.75) is 25.9 Å². The molecule has 0 heterocycles. The van der Waals surface area contributed by atoms with Crippen molar-refractivity contribution < 1.29 is 9.53 Å². The van der Waals surface area contributed by atoms with Gasteiger partial charge in [0, 0.05) is 0 Å². The fourth-order valence-electron chi connectivity index (χ4n) is 1.95. The van der Waals surface area contributed by atoms with E-state index in [4.69, 9.17) is 4.74 Å². The van der Waals surface area contributed by atoms with Crippen molar-refractivity contribution in [2.75, 3.05) is 0 Å². The first-order valence-corrected chi connectivity index (χ1v) is 6.49. The summed E-state index contributed by atoms with van der Waals surface area (Å²) in [6.45, 7) is 3.76. The third kappa shape index (κ3) is 3.44. The lowest BCUT2D eigenvalue weighted by molar-refractivity contribution is -0.150. The zero-order valence-electron chi connectivity index (χ0n) is 11.2. The molecule has 0 saturated carbocycles. The molecule has 0 fully saturated rings. The largest absolute Gasteiger partial charge is 0.457 e. The lowest BCUT2D eigenvalue weighted by atomic mass is 10.0. The van der Waals surface area contributed by atoms with Crippen molar-refractivity contribution in [3.05, 3.63) is 71.8 Å². The zero-order valence-corrected chi connectivity index (χ0v) is 11.2. The van der Waals surface area contributed by atoms with Crippen LogP contribution in [0.3, 0.4) is 0 Å². The van der Waals surface area contributed by atoms with Crippen LogP contribution < -0.4 is 0 Å². The van der Waals surface area contributed by atoms with Crippen molar-refractivity contribution in [1.82, 2.24) is 0 Å². The minimum absolute atomic E-state index is 0.192. The molecule has 2 aromatic carbocycles. The highest BCUT2D eigenvalue weighted by atomic mass is 16.5. The Hall–Kier alpha value is -2.09. The predicted molar refractivity (Wildman–Crippen MR) is 75.8 cm³/mol. The maximum absolute atomic E-state index is 12.1. The Morgan fingerprint density at radius 3 is 1.84 bits per heavy atom. The van der Waals surface area contributed by atoms with E-state index in [9.17, 15) is 4.79 Å². The number of esters is 1. The molecule has 2 nitrogen and oxygen atoms in total. The number of benzene rings is 2. The fraction of sp³-hybridized carbons (Fsp3) is 0.235. The second-order valence-corrected chi connectivity index (χ2v) is 4.62. The second kappa shape index (κ2) is 6.19. The van der Waals surface area contributed by atoms with Crippen LogP contribution in [0.15, 0.2) is 60.7 Å². The van der Waals surface area contributed by atoms with Crippen molar-refractivity contribution in [1.29, 1.82) is 0 Å². The van der Waals surface area contributed by atoms with Gasteiger partial charge in [-0.05, 0) is 25.0 Å². The molecule has 2 rings (SSSR count). The van der Waals surface area contributed by atoms with Gasteiger partial charge >= 0.3 is 5.97 Å². The van der Waals surface area contributed by atoms with Crippen molar-refractivity contribution in [2.24, 2.45) is 0 Å². The number of hydrogen-bond acceptors (Lipinski definition) is 2. The van der Waals surface area contributed by atoms with Crippen LogP contribution >= 0.6 is 0 Å².